The second-order valence-electron chi connectivity index (χ2n) is 6.86. The lowest BCUT2D eigenvalue weighted by molar-refractivity contribution is -0.130. The molecule has 0 radical (unpaired) electrons. The van der Waals surface area contributed by atoms with Crippen LogP contribution in [-0.2, 0) is 9.59 Å². The Bertz CT molecular complexity index is 829. The molecule has 2 heterocycles. The van der Waals surface area contributed by atoms with Crippen molar-refractivity contribution in [3.63, 3.8) is 0 Å². The highest BCUT2D eigenvalue weighted by molar-refractivity contribution is 8.00. The largest absolute Gasteiger partial charge is 0.360 e. The number of hydrogen-bond acceptors (Lipinski definition) is 6. The molecule has 1 aromatic heterocycles. The number of piperazine rings is 1. The second kappa shape index (κ2) is 10.8. The van der Waals surface area contributed by atoms with Crippen LogP contribution < -0.4 is 5.32 Å². The smallest absolute Gasteiger partial charge is 0.235 e. The Kier molecular flexibility index (Phi) is 7.89. The summed E-state index contributed by atoms with van der Waals surface area (Å²) in [6, 6.07) is 11.9. The number of aryl methyl sites for hydroxylation is 1. The maximum Gasteiger partial charge on any atom is 0.235 e. The maximum absolute atomic E-state index is 12.4. The Morgan fingerprint density at radius 1 is 1.17 bits per heavy atom. The van der Waals surface area contributed by atoms with Gasteiger partial charge in [-0.15, -0.1) is 11.8 Å². The lowest BCUT2D eigenvalue weighted by Crippen LogP contribution is -2.49. The molecule has 1 aliphatic heterocycles. The van der Waals surface area contributed by atoms with Crippen LogP contribution in [0.5, 0.6) is 0 Å². The van der Waals surface area contributed by atoms with Crippen molar-refractivity contribution < 1.29 is 14.1 Å². The zero-order valence-electron chi connectivity index (χ0n) is 16.5. The Hall–Kier alpha value is -2.58. The van der Waals surface area contributed by atoms with E-state index in [1.54, 1.807) is 13.0 Å². The third-order valence-corrected chi connectivity index (χ3v) is 5.47. The number of hydrogen-bond donors (Lipinski definition) is 1. The van der Waals surface area contributed by atoms with E-state index in [1.165, 1.54) is 17.3 Å². The Morgan fingerprint density at radius 2 is 1.93 bits per heavy atom. The number of carbonyl (C=O) groups excluding carboxylic acids is 2. The first-order chi connectivity index (χ1) is 14.1. The average molecular weight is 415 g/mol. The molecule has 1 fully saturated rings. The fourth-order valence-corrected chi connectivity index (χ4v) is 3.73. The Balaban J connectivity index is 1.30. The molecule has 7 nitrogen and oxygen atoms in total. The highest BCUT2D eigenvalue weighted by Crippen LogP contribution is 2.10. The van der Waals surface area contributed by atoms with Crippen molar-refractivity contribution in [1.29, 1.82) is 0 Å². The van der Waals surface area contributed by atoms with E-state index in [1.807, 2.05) is 23.1 Å². The minimum atomic E-state index is -0.189. The fraction of sp³-hybridized carbons (Fsp3) is 0.381. The Morgan fingerprint density at radius 3 is 2.62 bits per heavy atom. The van der Waals surface area contributed by atoms with Crippen LogP contribution in [0.25, 0.3) is 6.08 Å². The SMILES string of the molecule is Cc1cc(NC(=O)CSCC(=O)N2CCN(C/C=C/c3ccccc3)CC2)no1. The quantitative estimate of drug-likeness (QED) is 0.715. The molecule has 1 aromatic carbocycles. The maximum atomic E-state index is 12.4. The third-order valence-electron chi connectivity index (χ3n) is 4.55. The number of thioether (sulfide) groups is 1. The molecule has 1 saturated heterocycles. The summed E-state index contributed by atoms with van der Waals surface area (Å²) in [5.41, 5.74) is 1.20. The van der Waals surface area contributed by atoms with Gasteiger partial charge in [-0.2, -0.15) is 0 Å². The predicted molar refractivity (Wildman–Crippen MR) is 116 cm³/mol. The highest BCUT2D eigenvalue weighted by Gasteiger charge is 2.20. The van der Waals surface area contributed by atoms with Crippen LogP contribution in [0.3, 0.4) is 0 Å². The fourth-order valence-electron chi connectivity index (χ4n) is 3.01. The van der Waals surface area contributed by atoms with Crippen molar-refractivity contribution in [2.24, 2.45) is 0 Å². The van der Waals surface area contributed by atoms with Crippen molar-refractivity contribution >= 4 is 35.5 Å². The van der Waals surface area contributed by atoms with Gasteiger partial charge in [-0.05, 0) is 12.5 Å². The number of nitrogens with zero attached hydrogens (tertiary/aromatic N) is 3. The molecule has 0 saturated carbocycles. The van der Waals surface area contributed by atoms with E-state index in [0.717, 1.165) is 32.7 Å². The Labute approximate surface area is 175 Å². The van der Waals surface area contributed by atoms with E-state index in [4.69, 9.17) is 4.52 Å². The van der Waals surface area contributed by atoms with Crippen molar-refractivity contribution in [3.05, 3.63) is 53.8 Å². The summed E-state index contributed by atoms with van der Waals surface area (Å²) in [7, 11) is 0. The zero-order chi connectivity index (χ0) is 20.5. The van der Waals surface area contributed by atoms with Gasteiger partial charge in [0.05, 0.1) is 11.5 Å². The van der Waals surface area contributed by atoms with E-state index in [0.29, 0.717) is 17.3 Å². The normalized spacial score (nSPS) is 15.0. The van der Waals surface area contributed by atoms with E-state index < -0.39 is 0 Å². The van der Waals surface area contributed by atoms with E-state index >= 15 is 0 Å². The molecule has 0 aliphatic carbocycles. The molecule has 0 atom stereocenters. The second-order valence-corrected chi connectivity index (χ2v) is 7.84. The van der Waals surface area contributed by atoms with Gasteiger partial charge in [-0.3, -0.25) is 14.5 Å². The van der Waals surface area contributed by atoms with Gasteiger partial charge in [0.25, 0.3) is 0 Å². The van der Waals surface area contributed by atoms with Gasteiger partial charge in [0.15, 0.2) is 5.82 Å². The summed E-state index contributed by atoms with van der Waals surface area (Å²) in [6.07, 6.45) is 4.29. The molecule has 1 N–H and O–H groups in total. The first-order valence-corrected chi connectivity index (χ1v) is 10.8. The molecule has 0 bridgehead atoms. The molecular formula is C21H26N4O3S. The first kappa shape index (κ1) is 21.1. The number of amides is 2. The third kappa shape index (κ3) is 7.07. The molecule has 29 heavy (non-hydrogen) atoms. The van der Waals surface area contributed by atoms with Crippen LogP contribution in [0, 0.1) is 6.92 Å². The summed E-state index contributed by atoms with van der Waals surface area (Å²) in [5.74, 6) is 1.45. The number of benzene rings is 1. The predicted octanol–water partition coefficient (Wildman–Crippen LogP) is 2.51. The molecule has 1 aliphatic rings. The van der Waals surface area contributed by atoms with Crippen molar-refractivity contribution in [2.45, 2.75) is 6.92 Å². The van der Waals surface area contributed by atoms with Crippen LogP contribution in [0.1, 0.15) is 11.3 Å². The van der Waals surface area contributed by atoms with Crippen LogP contribution in [-0.4, -0.2) is 71.0 Å². The standard InChI is InChI=1S/C21H26N4O3S/c1-17-14-19(23-28-17)22-20(26)15-29-16-21(27)25-12-10-24(11-13-25)9-5-8-18-6-3-2-4-7-18/h2-8,14H,9-13,15-16H2,1H3,(H,22,23,26)/b8-5+. The lowest BCUT2D eigenvalue weighted by atomic mass is 10.2. The molecule has 3 rings (SSSR count). The lowest BCUT2D eigenvalue weighted by Gasteiger charge is -2.34. The zero-order valence-corrected chi connectivity index (χ0v) is 17.4. The minimum absolute atomic E-state index is 0.0829. The van der Waals surface area contributed by atoms with Crippen LogP contribution >= 0.6 is 11.8 Å². The monoisotopic (exact) mass is 414 g/mol. The summed E-state index contributed by atoms with van der Waals surface area (Å²) in [5, 5.41) is 6.37. The van der Waals surface area contributed by atoms with Crippen LogP contribution in [0.15, 0.2) is 47.0 Å². The van der Waals surface area contributed by atoms with Crippen LogP contribution in [0.4, 0.5) is 5.82 Å². The van der Waals surface area contributed by atoms with Gasteiger partial charge >= 0.3 is 0 Å². The molecule has 8 heteroatoms. The van der Waals surface area contributed by atoms with E-state index in [2.05, 4.69) is 39.7 Å². The van der Waals surface area contributed by atoms with Gasteiger partial charge in [-0.25, -0.2) is 0 Å². The van der Waals surface area contributed by atoms with Crippen molar-refractivity contribution in [2.75, 3.05) is 49.5 Å². The van der Waals surface area contributed by atoms with Gasteiger partial charge < -0.3 is 14.7 Å². The summed E-state index contributed by atoms with van der Waals surface area (Å²) in [6.45, 7) is 5.82. The molecule has 2 amide bonds. The summed E-state index contributed by atoms with van der Waals surface area (Å²) < 4.78 is 4.90. The molecule has 0 spiro atoms. The van der Waals surface area contributed by atoms with Crippen molar-refractivity contribution in [3.8, 4) is 0 Å². The molecular weight excluding hydrogens is 388 g/mol. The minimum Gasteiger partial charge on any atom is -0.360 e. The molecule has 154 valence electrons. The van der Waals surface area contributed by atoms with Gasteiger partial charge in [-0.1, -0.05) is 47.6 Å². The van der Waals surface area contributed by atoms with Gasteiger partial charge in [0, 0.05) is 38.8 Å². The number of rotatable bonds is 8. The number of anilines is 1. The number of aromatic nitrogens is 1. The van der Waals surface area contributed by atoms with E-state index in [9.17, 15) is 9.59 Å². The molecule has 2 aromatic rings. The number of carbonyl (C=O) groups is 2. The van der Waals surface area contributed by atoms with E-state index in [-0.39, 0.29) is 17.6 Å². The highest BCUT2D eigenvalue weighted by atomic mass is 32.2. The topological polar surface area (TPSA) is 78.7 Å². The van der Waals surface area contributed by atoms with Crippen molar-refractivity contribution in [1.82, 2.24) is 15.0 Å². The average Bonchev–Trinajstić information content (AvgIpc) is 3.13. The first-order valence-electron chi connectivity index (χ1n) is 9.63. The van der Waals surface area contributed by atoms with Gasteiger partial charge in [0.1, 0.15) is 5.76 Å². The van der Waals surface area contributed by atoms with Crippen LogP contribution in [0.2, 0.25) is 0 Å². The summed E-state index contributed by atoms with van der Waals surface area (Å²) in [4.78, 5) is 28.4. The summed E-state index contributed by atoms with van der Waals surface area (Å²) >= 11 is 1.32. The molecule has 0 unspecified atom stereocenters. The number of nitrogens with one attached hydrogen (secondary N) is 1. The van der Waals surface area contributed by atoms with Gasteiger partial charge in [0.2, 0.25) is 11.8 Å².